The van der Waals surface area contributed by atoms with Gasteiger partial charge < -0.3 is 4.74 Å². The molecule has 0 spiro atoms. The van der Waals surface area contributed by atoms with Gasteiger partial charge in [0.1, 0.15) is 11.3 Å². The normalized spacial score (nSPS) is 12.1. The molecule has 0 fully saturated rings. The van der Waals surface area contributed by atoms with Crippen molar-refractivity contribution in [3.63, 3.8) is 0 Å². The van der Waals surface area contributed by atoms with Crippen molar-refractivity contribution in [3.8, 4) is 50.8 Å². The summed E-state index contributed by atoms with van der Waals surface area (Å²) in [4.78, 5) is 5.06. The molecule has 0 aliphatic carbocycles. The average molecular weight is 587 g/mol. The minimum Gasteiger partial charge on any atom is -0.453 e. The minimum atomic E-state index is 0.817. The zero-order valence-electron chi connectivity index (χ0n) is 24.8. The first-order valence-corrected chi connectivity index (χ1v) is 15.6. The fourth-order valence-corrected chi connectivity index (χ4v) is 7.42. The topological polar surface area (TPSA) is 27.1 Å². The predicted octanol–water partition coefficient (Wildman–Crippen LogP) is 11.6. The van der Waals surface area contributed by atoms with E-state index in [1.165, 1.54) is 49.0 Å². The molecule has 0 N–H and O–H groups in total. The van der Waals surface area contributed by atoms with Crippen molar-refractivity contribution in [2.75, 3.05) is 0 Å². The lowest BCUT2D eigenvalue weighted by Crippen LogP contribution is -2.06. The van der Waals surface area contributed by atoms with Crippen LogP contribution in [0.3, 0.4) is 0 Å². The largest absolute Gasteiger partial charge is 0.453 e. The first kappa shape index (κ1) is 25.2. The molecule has 0 amide bonds. The molecule has 3 nitrogen and oxygen atoms in total. The lowest BCUT2D eigenvalue weighted by molar-refractivity contribution is 0.476. The highest BCUT2D eigenvalue weighted by atomic mass is 16.5. The molecule has 9 aromatic rings. The van der Waals surface area contributed by atoms with Gasteiger partial charge in [-0.1, -0.05) is 133 Å². The molecule has 1 aliphatic rings. The van der Waals surface area contributed by atoms with Crippen LogP contribution in [0, 0.1) is 0 Å². The van der Waals surface area contributed by atoms with Gasteiger partial charge in [-0.15, -0.1) is 0 Å². The van der Waals surface area contributed by atoms with Crippen molar-refractivity contribution >= 4 is 43.4 Å². The molecule has 3 heteroatoms. The van der Waals surface area contributed by atoms with E-state index in [0.29, 0.717) is 0 Å². The van der Waals surface area contributed by atoms with Crippen LogP contribution in [0.2, 0.25) is 0 Å². The summed E-state index contributed by atoms with van der Waals surface area (Å²) < 4.78 is 8.92. The van der Waals surface area contributed by atoms with Gasteiger partial charge in [-0.05, 0) is 78.8 Å². The van der Waals surface area contributed by atoms with E-state index in [2.05, 4.69) is 144 Å². The highest BCUT2D eigenvalue weighted by Crippen LogP contribution is 2.48. The van der Waals surface area contributed by atoms with Gasteiger partial charge in [-0.2, -0.15) is 0 Å². The minimum absolute atomic E-state index is 0.817. The summed E-state index contributed by atoms with van der Waals surface area (Å²) in [6, 6.07) is 56.1. The van der Waals surface area contributed by atoms with Crippen molar-refractivity contribution in [3.05, 3.63) is 158 Å². The third kappa shape index (κ3) is 3.57. The number of hydrogen-bond acceptors (Lipinski definition) is 2. The molecule has 0 saturated heterocycles. The van der Waals surface area contributed by atoms with Crippen LogP contribution in [0.5, 0.6) is 11.5 Å². The molecule has 0 bridgehead atoms. The van der Waals surface area contributed by atoms with Crippen molar-refractivity contribution in [1.29, 1.82) is 0 Å². The van der Waals surface area contributed by atoms with Crippen molar-refractivity contribution in [2.45, 2.75) is 0 Å². The highest BCUT2D eigenvalue weighted by molar-refractivity contribution is 6.23. The molecule has 1 aliphatic heterocycles. The van der Waals surface area contributed by atoms with Gasteiger partial charge in [0.25, 0.3) is 0 Å². The number of ether oxygens (including phenoxy) is 1. The Morgan fingerprint density at radius 3 is 1.85 bits per heavy atom. The Kier molecular flexibility index (Phi) is 5.28. The Morgan fingerprint density at radius 1 is 0.457 bits per heavy atom. The van der Waals surface area contributed by atoms with Gasteiger partial charge in [0.15, 0.2) is 11.5 Å². The smallest absolute Gasteiger partial charge is 0.153 e. The van der Waals surface area contributed by atoms with Gasteiger partial charge in [-0.3, -0.25) is 4.57 Å². The monoisotopic (exact) mass is 586 g/mol. The van der Waals surface area contributed by atoms with Gasteiger partial charge in [0, 0.05) is 5.56 Å². The van der Waals surface area contributed by atoms with Gasteiger partial charge in [0.05, 0.1) is 11.2 Å². The number of fused-ring (bicyclic) bond motifs is 5. The van der Waals surface area contributed by atoms with E-state index < -0.39 is 0 Å². The molecule has 214 valence electrons. The first-order valence-electron chi connectivity index (χ1n) is 15.6. The van der Waals surface area contributed by atoms with E-state index in [-0.39, 0.29) is 0 Å². The number of nitrogens with zero attached hydrogens (tertiary/aromatic N) is 2. The maximum Gasteiger partial charge on any atom is 0.153 e. The second-order valence-corrected chi connectivity index (χ2v) is 11.9. The number of hydrogen-bond donors (Lipinski definition) is 0. The van der Waals surface area contributed by atoms with E-state index in [1.54, 1.807) is 0 Å². The Balaban J connectivity index is 1.25. The highest BCUT2D eigenvalue weighted by Gasteiger charge is 2.26. The SMILES string of the molecule is c1ccc(-c2nc3cccc4c3n2-c2ccc(-c3c5ccccc5c(-c5cccc6ccccc56)c5ccccc35)cc2O4)cc1. The Bertz CT molecular complexity index is 2610. The first-order chi connectivity index (χ1) is 22.8. The summed E-state index contributed by atoms with van der Waals surface area (Å²) in [6.45, 7) is 0. The van der Waals surface area contributed by atoms with Gasteiger partial charge >= 0.3 is 0 Å². The van der Waals surface area contributed by atoms with Crippen LogP contribution < -0.4 is 4.74 Å². The predicted molar refractivity (Wildman–Crippen MR) is 190 cm³/mol. The number of benzene rings is 8. The molecule has 0 unspecified atom stereocenters. The van der Waals surface area contributed by atoms with Gasteiger partial charge in [0.2, 0.25) is 0 Å². The van der Waals surface area contributed by atoms with Crippen LogP contribution in [-0.2, 0) is 0 Å². The second-order valence-electron chi connectivity index (χ2n) is 11.9. The van der Waals surface area contributed by atoms with Gasteiger partial charge in [-0.25, -0.2) is 4.98 Å². The molecule has 2 heterocycles. The zero-order chi connectivity index (χ0) is 30.2. The van der Waals surface area contributed by atoms with E-state index in [9.17, 15) is 0 Å². The van der Waals surface area contributed by atoms with E-state index in [4.69, 9.17) is 9.72 Å². The Morgan fingerprint density at radius 2 is 1.09 bits per heavy atom. The van der Waals surface area contributed by atoms with Crippen molar-refractivity contribution in [1.82, 2.24) is 9.55 Å². The number of imidazole rings is 1. The standard InChI is InChI=1S/C43H26N2O/c1-2-13-28(14-3-1)43-44-36-22-11-23-38-42(36)45(43)37-25-24-29(26-39(37)46-38)40-32-17-6-8-19-34(32)41(35-20-9-7-18-33(35)40)31-21-10-15-27-12-4-5-16-30(27)31/h1-26H. The van der Waals surface area contributed by atoms with Crippen molar-refractivity contribution < 1.29 is 4.74 Å². The lowest BCUT2D eigenvalue weighted by Gasteiger charge is -2.23. The van der Waals surface area contributed by atoms with Crippen LogP contribution in [0.15, 0.2) is 158 Å². The third-order valence-corrected chi connectivity index (χ3v) is 9.37. The number of rotatable bonds is 3. The van der Waals surface area contributed by atoms with Crippen LogP contribution in [0.4, 0.5) is 0 Å². The van der Waals surface area contributed by atoms with E-state index in [1.807, 2.05) is 18.2 Å². The zero-order valence-corrected chi connectivity index (χ0v) is 24.8. The van der Waals surface area contributed by atoms with E-state index in [0.717, 1.165) is 45.2 Å². The quantitative estimate of drug-likeness (QED) is 0.193. The summed E-state index contributed by atoms with van der Waals surface area (Å²) >= 11 is 0. The molecule has 1 aromatic heterocycles. The number of para-hydroxylation sites is 1. The molecule has 0 atom stereocenters. The summed E-state index contributed by atoms with van der Waals surface area (Å²) in [5.41, 5.74) is 8.83. The molecular formula is C43H26N2O. The van der Waals surface area contributed by atoms with Crippen LogP contribution in [0.1, 0.15) is 0 Å². The second kappa shape index (κ2) is 9.65. The van der Waals surface area contributed by atoms with Crippen molar-refractivity contribution in [2.24, 2.45) is 0 Å². The summed E-state index contributed by atoms with van der Waals surface area (Å²) in [7, 11) is 0. The third-order valence-electron chi connectivity index (χ3n) is 9.37. The van der Waals surface area contributed by atoms with Crippen LogP contribution >= 0.6 is 0 Å². The van der Waals surface area contributed by atoms with E-state index >= 15 is 0 Å². The van der Waals surface area contributed by atoms with Crippen LogP contribution in [-0.4, -0.2) is 9.55 Å². The molecule has 0 radical (unpaired) electrons. The maximum atomic E-state index is 6.67. The lowest BCUT2D eigenvalue weighted by atomic mass is 9.84. The summed E-state index contributed by atoms with van der Waals surface area (Å²) in [6.07, 6.45) is 0. The van der Waals surface area contributed by atoms with Crippen LogP contribution in [0.25, 0.3) is 82.7 Å². The fourth-order valence-electron chi connectivity index (χ4n) is 7.42. The Labute approximate surface area is 265 Å². The summed E-state index contributed by atoms with van der Waals surface area (Å²) in [5, 5.41) is 7.41. The maximum absolute atomic E-state index is 6.67. The molecular weight excluding hydrogens is 560 g/mol. The Hall–Kier alpha value is -6.19. The average Bonchev–Trinajstić information content (AvgIpc) is 3.52. The molecule has 8 aromatic carbocycles. The fraction of sp³-hybridized carbons (Fsp3) is 0. The summed E-state index contributed by atoms with van der Waals surface area (Å²) in [5.74, 6) is 2.55. The number of aromatic nitrogens is 2. The molecule has 46 heavy (non-hydrogen) atoms. The molecule has 10 rings (SSSR count). The molecule has 0 saturated carbocycles.